The van der Waals surface area contributed by atoms with Crippen LogP contribution in [0.25, 0.3) is 0 Å². The zero-order valence-corrected chi connectivity index (χ0v) is 30.5. The standard InChI is InChI=1S/C38H70N4O4/c1-25(2)10-8-11-28(35(45)42-23-22-41-20-9-19-40-21-18-39)34-30-12-13-33-36(5)16-15-31(44)26(3)29(36)14-17-37(33,6)38(30,7)24-32(34)46-27(4)43/h25-26,28-34,40-41,44H,8-24,39H2,1-7H3,(H,42,45)/t26-,28-,29?,30?,31+,32-,33?,34-,36-,37-,38-/m0/s1. The molecule has 0 aromatic carbocycles. The molecular formula is C38H70N4O4. The molecule has 4 aliphatic rings. The summed E-state index contributed by atoms with van der Waals surface area (Å²) in [6.45, 7) is 20.6. The van der Waals surface area contributed by atoms with Crippen LogP contribution in [0, 0.1) is 57.7 Å². The molecule has 4 aliphatic carbocycles. The van der Waals surface area contributed by atoms with Crippen molar-refractivity contribution in [2.75, 3.05) is 39.3 Å². The van der Waals surface area contributed by atoms with Crippen molar-refractivity contribution in [3.63, 3.8) is 0 Å². The Bertz CT molecular complexity index is 1010. The molecule has 266 valence electrons. The lowest BCUT2D eigenvalue weighted by Gasteiger charge is -2.68. The Morgan fingerprint density at radius 2 is 1.61 bits per heavy atom. The Kier molecular flexibility index (Phi) is 13.1. The van der Waals surface area contributed by atoms with Crippen LogP contribution in [0.1, 0.15) is 119 Å². The number of nitrogens with one attached hydrogen (secondary N) is 3. The van der Waals surface area contributed by atoms with Crippen molar-refractivity contribution in [2.24, 2.45) is 63.4 Å². The molecule has 0 aromatic rings. The second-order valence-electron chi connectivity index (χ2n) is 17.0. The smallest absolute Gasteiger partial charge is 0.302 e. The largest absolute Gasteiger partial charge is 0.462 e. The van der Waals surface area contributed by atoms with Gasteiger partial charge in [0.2, 0.25) is 5.91 Å². The van der Waals surface area contributed by atoms with Crippen LogP contribution in [0.3, 0.4) is 0 Å². The number of carbonyl (C=O) groups excluding carboxylic acids is 2. The molecule has 11 atom stereocenters. The van der Waals surface area contributed by atoms with E-state index < -0.39 is 0 Å². The van der Waals surface area contributed by atoms with Crippen molar-refractivity contribution < 1.29 is 19.4 Å². The predicted octanol–water partition coefficient (Wildman–Crippen LogP) is 5.27. The van der Waals surface area contributed by atoms with Crippen molar-refractivity contribution in [2.45, 2.75) is 131 Å². The molecule has 6 N–H and O–H groups in total. The lowest BCUT2D eigenvalue weighted by molar-refractivity contribution is -0.203. The fourth-order valence-corrected chi connectivity index (χ4v) is 11.6. The Morgan fingerprint density at radius 3 is 2.28 bits per heavy atom. The molecule has 0 aliphatic heterocycles. The Balaban J connectivity index is 1.54. The van der Waals surface area contributed by atoms with Crippen LogP contribution in [-0.2, 0) is 14.3 Å². The van der Waals surface area contributed by atoms with Gasteiger partial charge >= 0.3 is 5.97 Å². The molecular weight excluding hydrogens is 576 g/mol. The summed E-state index contributed by atoms with van der Waals surface area (Å²) >= 11 is 0. The normalized spacial score (nSPS) is 39.3. The number of aliphatic hydroxyl groups excluding tert-OH is 1. The van der Waals surface area contributed by atoms with Gasteiger partial charge in [0.25, 0.3) is 0 Å². The monoisotopic (exact) mass is 647 g/mol. The molecule has 0 heterocycles. The van der Waals surface area contributed by atoms with E-state index in [1.165, 1.54) is 13.3 Å². The lowest BCUT2D eigenvalue weighted by Crippen LogP contribution is -2.62. The Labute approximate surface area is 280 Å². The van der Waals surface area contributed by atoms with Gasteiger partial charge in [0.15, 0.2) is 0 Å². The molecule has 4 saturated carbocycles. The second-order valence-corrected chi connectivity index (χ2v) is 17.0. The van der Waals surface area contributed by atoms with Crippen LogP contribution in [-0.4, -0.2) is 68.5 Å². The molecule has 0 radical (unpaired) electrons. The summed E-state index contributed by atoms with van der Waals surface area (Å²) in [5.41, 5.74) is 5.87. The van der Waals surface area contributed by atoms with E-state index in [0.29, 0.717) is 42.7 Å². The van der Waals surface area contributed by atoms with Gasteiger partial charge in [-0.3, -0.25) is 9.59 Å². The summed E-state index contributed by atoms with van der Waals surface area (Å²) < 4.78 is 6.25. The van der Waals surface area contributed by atoms with Gasteiger partial charge in [0, 0.05) is 44.9 Å². The Morgan fingerprint density at radius 1 is 0.891 bits per heavy atom. The zero-order chi connectivity index (χ0) is 33.7. The predicted molar refractivity (Wildman–Crippen MR) is 186 cm³/mol. The first-order valence-corrected chi connectivity index (χ1v) is 19.0. The summed E-state index contributed by atoms with van der Waals surface area (Å²) in [5.74, 6) is 2.21. The molecule has 8 heteroatoms. The number of fused-ring (bicyclic) bond motifs is 5. The SMILES string of the molecule is CC(=O)O[C@H]1C[C@@]2(C)C(CCC3[C@@]4(C)CC[C@@H](O)[C@@H](C)C4CC[C@@]32C)[C@@H]1[C@H](CCCC(C)C)C(=O)NCCNCCCNCCN. The third-order valence-corrected chi connectivity index (χ3v) is 14.1. The number of hydrogen-bond donors (Lipinski definition) is 5. The minimum atomic E-state index is -0.227. The second kappa shape index (κ2) is 16.0. The van der Waals surface area contributed by atoms with Crippen molar-refractivity contribution >= 4 is 11.9 Å². The summed E-state index contributed by atoms with van der Waals surface area (Å²) in [5, 5.41) is 20.9. The van der Waals surface area contributed by atoms with E-state index in [1.807, 2.05) is 0 Å². The third kappa shape index (κ3) is 7.65. The fourth-order valence-electron chi connectivity index (χ4n) is 11.6. The molecule has 0 bridgehead atoms. The van der Waals surface area contributed by atoms with Gasteiger partial charge in [-0.25, -0.2) is 0 Å². The van der Waals surface area contributed by atoms with E-state index in [-0.39, 0.29) is 52.2 Å². The number of esters is 1. The maximum absolute atomic E-state index is 14.2. The molecule has 46 heavy (non-hydrogen) atoms. The number of nitrogens with two attached hydrogens (primary N) is 1. The Hall–Kier alpha value is -1.22. The van der Waals surface area contributed by atoms with Crippen molar-refractivity contribution in [3.8, 4) is 0 Å². The minimum absolute atomic E-state index is 0.00987. The average molecular weight is 647 g/mol. The highest BCUT2D eigenvalue weighted by atomic mass is 16.5. The number of rotatable bonds is 16. The lowest BCUT2D eigenvalue weighted by atomic mass is 9.37. The van der Waals surface area contributed by atoms with Crippen LogP contribution >= 0.6 is 0 Å². The first kappa shape index (κ1) is 37.6. The van der Waals surface area contributed by atoms with Crippen molar-refractivity contribution in [1.29, 1.82) is 0 Å². The summed E-state index contributed by atoms with van der Waals surface area (Å²) in [4.78, 5) is 26.8. The van der Waals surface area contributed by atoms with Gasteiger partial charge in [-0.05, 0) is 117 Å². The number of aliphatic hydroxyl groups is 1. The van der Waals surface area contributed by atoms with Gasteiger partial charge in [0.1, 0.15) is 6.10 Å². The van der Waals surface area contributed by atoms with Gasteiger partial charge < -0.3 is 31.5 Å². The van der Waals surface area contributed by atoms with Crippen LogP contribution < -0.4 is 21.7 Å². The molecule has 8 nitrogen and oxygen atoms in total. The minimum Gasteiger partial charge on any atom is -0.462 e. The highest BCUT2D eigenvalue weighted by molar-refractivity contribution is 5.79. The molecule has 4 rings (SSSR count). The van der Waals surface area contributed by atoms with Gasteiger partial charge in [-0.1, -0.05) is 54.4 Å². The molecule has 4 fully saturated rings. The number of amides is 1. The maximum Gasteiger partial charge on any atom is 0.302 e. The highest BCUT2D eigenvalue weighted by Crippen LogP contribution is 2.74. The summed E-state index contributed by atoms with van der Waals surface area (Å²) in [7, 11) is 0. The van der Waals surface area contributed by atoms with Gasteiger partial charge in [0.05, 0.1) is 6.10 Å². The quantitative estimate of drug-likeness (QED) is 0.114. The number of hydrogen-bond acceptors (Lipinski definition) is 7. The topological polar surface area (TPSA) is 126 Å². The van der Waals surface area contributed by atoms with E-state index >= 15 is 0 Å². The van der Waals surface area contributed by atoms with Crippen LogP contribution in [0.15, 0.2) is 0 Å². The van der Waals surface area contributed by atoms with Crippen LogP contribution in [0.5, 0.6) is 0 Å². The van der Waals surface area contributed by atoms with Gasteiger partial charge in [-0.15, -0.1) is 0 Å². The number of carbonyl (C=O) groups is 2. The molecule has 0 saturated heterocycles. The van der Waals surface area contributed by atoms with Gasteiger partial charge in [-0.2, -0.15) is 0 Å². The van der Waals surface area contributed by atoms with Crippen LogP contribution in [0.2, 0.25) is 0 Å². The van der Waals surface area contributed by atoms with E-state index in [1.54, 1.807) is 0 Å². The first-order valence-electron chi connectivity index (χ1n) is 19.0. The molecule has 1 amide bonds. The van der Waals surface area contributed by atoms with E-state index in [4.69, 9.17) is 10.5 Å². The number of ether oxygens (including phenoxy) is 1. The molecule has 0 spiro atoms. The summed E-state index contributed by atoms with van der Waals surface area (Å²) in [6.07, 6.45) is 11.0. The summed E-state index contributed by atoms with van der Waals surface area (Å²) in [6, 6.07) is 0. The van der Waals surface area contributed by atoms with E-state index in [2.05, 4.69) is 57.5 Å². The van der Waals surface area contributed by atoms with E-state index in [0.717, 1.165) is 90.4 Å². The highest BCUT2D eigenvalue weighted by Gasteiger charge is 2.70. The zero-order valence-electron chi connectivity index (χ0n) is 30.5. The average Bonchev–Trinajstić information content (AvgIpc) is 3.28. The third-order valence-electron chi connectivity index (χ3n) is 14.1. The molecule has 0 aromatic heterocycles. The first-order chi connectivity index (χ1) is 21.8. The van der Waals surface area contributed by atoms with E-state index in [9.17, 15) is 14.7 Å². The molecule has 3 unspecified atom stereocenters. The van der Waals surface area contributed by atoms with Crippen molar-refractivity contribution in [1.82, 2.24) is 16.0 Å². The fraction of sp³-hybridized carbons (Fsp3) is 0.947. The van der Waals surface area contributed by atoms with Crippen LogP contribution in [0.4, 0.5) is 0 Å². The van der Waals surface area contributed by atoms with Crippen molar-refractivity contribution in [3.05, 3.63) is 0 Å². The maximum atomic E-state index is 14.2.